The minimum Gasteiger partial charge on any atom is -0.444 e. The summed E-state index contributed by atoms with van der Waals surface area (Å²) >= 11 is 0. The average Bonchev–Trinajstić information content (AvgIpc) is 2.89. The maximum absolute atomic E-state index is 11.8. The summed E-state index contributed by atoms with van der Waals surface area (Å²) in [6, 6.07) is 0. The molecule has 0 aromatic heterocycles. The van der Waals surface area contributed by atoms with E-state index in [1.165, 1.54) is 12.8 Å². The molecular formula is C13H23NO3. The van der Waals surface area contributed by atoms with Gasteiger partial charge >= 0.3 is 6.09 Å². The van der Waals surface area contributed by atoms with E-state index in [1.54, 1.807) is 4.90 Å². The highest BCUT2D eigenvalue weighted by molar-refractivity contribution is 5.68. The number of rotatable bonds is 2. The smallest absolute Gasteiger partial charge is 0.410 e. The summed E-state index contributed by atoms with van der Waals surface area (Å²) in [5, 5.41) is 9.93. The van der Waals surface area contributed by atoms with Crippen molar-refractivity contribution in [2.75, 3.05) is 13.1 Å². The number of hydrogen-bond acceptors (Lipinski definition) is 3. The molecule has 98 valence electrons. The summed E-state index contributed by atoms with van der Waals surface area (Å²) in [6.45, 7) is 6.65. The molecule has 17 heavy (non-hydrogen) atoms. The van der Waals surface area contributed by atoms with E-state index in [9.17, 15) is 9.90 Å². The van der Waals surface area contributed by atoms with Gasteiger partial charge in [-0.25, -0.2) is 4.79 Å². The van der Waals surface area contributed by atoms with Crippen LogP contribution in [0.15, 0.2) is 0 Å². The lowest BCUT2D eigenvalue weighted by atomic mass is 9.99. The number of carbonyl (C=O) groups excluding carboxylic acids is 1. The zero-order chi connectivity index (χ0) is 12.6. The van der Waals surface area contributed by atoms with Crippen molar-refractivity contribution in [2.45, 2.75) is 51.7 Å². The van der Waals surface area contributed by atoms with E-state index in [2.05, 4.69) is 0 Å². The van der Waals surface area contributed by atoms with Crippen molar-refractivity contribution in [3.05, 3.63) is 0 Å². The van der Waals surface area contributed by atoms with Gasteiger partial charge < -0.3 is 14.7 Å². The lowest BCUT2D eigenvalue weighted by Crippen LogP contribution is -2.35. The van der Waals surface area contributed by atoms with Crippen LogP contribution in [0.1, 0.15) is 40.0 Å². The summed E-state index contributed by atoms with van der Waals surface area (Å²) in [5.41, 5.74) is -0.462. The molecule has 2 aliphatic rings. The van der Waals surface area contributed by atoms with Crippen molar-refractivity contribution < 1.29 is 14.6 Å². The first kappa shape index (κ1) is 12.7. The fourth-order valence-corrected chi connectivity index (χ4v) is 2.34. The van der Waals surface area contributed by atoms with Crippen LogP contribution in [0.4, 0.5) is 4.79 Å². The lowest BCUT2D eigenvalue weighted by molar-refractivity contribution is 0.0269. The Morgan fingerprint density at radius 1 is 1.35 bits per heavy atom. The van der Waals surface area contributed by atoms with E-state index in [1.807, 2.05) is 20.8 Å². The zero-order valence-electron chi connectivity index (χ0n) is 11.0. The second-order valence-electron chi connectivity index (χ2n) is 6.39. The van der Waals surface area contributed by atoms with Gasteiger partial charge in [0.05, 0.1) is 12.6 Å². The fraction of sp³-hybridized carbons (Fsp3) is 0.923. The van der Waals surface area contributed by atoms with Gasteiger partial charge in [-0.05, 0) is 33.1 Å². The molecule has 0 aromatic carbocycles. The second kappa shape index (κ2) is 4.48. The number of β-amino-alcohol motifs (C(OH)–C–C–N with tert-alkyl or cyclic N) is 1. The topological polar surface area (TPSA) is 49.8 Å². The van der Waals surface area contributed by atoms with Crippen LogP contribution in [0, 0.1) is 11.8 Å². The van der Waals surface area contributed by atoms with Crippen LogP contribution in [-0.2, 0) is 4.74 Å². The lowest BCUT2D eigenvalue weighted by Gasteiger charge is -2.24. The molecule has 0 bridgehead atoms. The van der Waals surface area contributed by atoms with E-state index in [4.69, 9.17) is 4.74 Å². The van der Waals surface area contributed by atoms with Crippen molar-refractivity contribution in [1.29, 1.82) is 0 Å². The minimum atomic E-state index is -0.462. The maximum Gasteiger partial charge on any atom is 0.410 e. The van der Waals surface area contributed by atoms with Crippen LogP contribution in [-0.4, -0.2) is 40.9 Å². The standard InChI is InChI=1S/C13H23NO3/c1-13(2,3)17-12(16)14-7-10(11(15)8-14)6-9-4-5-9/h9-11,15H,4-8H2,1-3H3. The predicted octanol–water partition coefficient (Wildman–Crippen LogP) is 2.01. The van der Waals surface area contributed by atoms with Crippen molar-refractivity contribution in [3.8, 4) is 0 Å². The van der Waals surface area contributed by atoms with Crippen molar-refractivity contribution in [1.82, 2.24) is 4.90 Å². The molecule has 1 N–H and O–H groups in total. The Morgan fingerprint density at radius 3 is 2.53 bits per heavy atom. The number of amides is 1. The van der Waals surface area contributed by atoms with Crippen LogP contribution in [0.5, 0.6) is 0 Å². The number of likely N-dealkylation sites (tertiary alicyclic amines) is 1. The zero-order valence-corrected chi connectivity index (χ0v) is 11.0. The highest BCUT2D eigenvalue weighted by atomic mass is 16.6. The number of aliphatic hydroxyl groups is 1. The SMILES string of the molecule is CC(C)(C)OC(=O)N1CC(O)C(CC2CC2)C1. The Balaban J connectivity index is 1.84. The number of carbonyl (C=O) groups is 1. The van der Waals surface area contributed by atoms with Crippen LogP contribution in [0.25, 0.3) is 0 Å². The molecule has 1 aliphatic carbocycles. The molecule has 1 heterocycles. The highest BCUT2D eigenvalue weighted by Crippen LogP contribution is 2.38. The largest absolute Gasteiger partial charge is 0.444 e. The van der Waals surface area contributed by atoms with Gasteiger partial charge in [-0.15, -0.1) is 0 Å². The number of aliphatic hydroxyl groups excluding tert-OH is 1. The fourth-order valence-electron chi connectivity index (χ4n) is 2.34. The second-order valence-corrected chi connectivity index (χ2v) is 6.39. The molecule has 0 spiro atoms. The molecular weight excluding hydrogens is 218 g/mol. The third-order valence-corrected chi connectivity index (χ3v) is 3.39. The van der Waals surface area contributed by atoms with E-state index in [-0.39, 0.29) is 18.1 Å². The number of hydrogen-bond donors (Lipinski definition) is 1. The third kappa shape index (κ3) is 3.60. The molecule has 4 nitrogen and oxygen atoms in total. The van der Waals surface area contributed by atoms with Crippen molar-refractivity contribution in [2.24, 2.45) is 11.8 Å². The summed E-state index contributed by atoms with van der Waals surface area (Å²) in [7, 11) is 0. The molecule has 2 unspecified atom stereocenters. The van der Waals surface area contributed by atoms with Crippen LogP contribution >= 0.6 is 0 Å². The number of nitrogens with zero attached hydrogens (tertiary/aromatic N) is 1. The third-order valence-electron chi connectivity index (χ3n) is 3.39. The molecule has 4 heteroatoms. The van der Waals surface area contributed by atoms with Gasteiger partial charge in [-0.1, -0.05) is 12.8 Å². The summed E-state index contributed by atoms with van der Waals surface area (Å²) < 4.78 is 5.31. The van der Waals surface area contributed by atoms with Crippen LogP contribution in [0.3, 0.4) is 0 Å². The van der Waals surface area contributed by atoms with Gasteiger partial charge in [0.1, 0.15) is 5.60 Å². The number of ether oxygens (including phenoxy) is 1. The van der Waals surface area contributed by atoms with Gasteiger partial charge in [0, 0.05) is 12.5 Å². The van der Waals surface area contributed by atoms with Crippen LogP contribution < -0.4 is 0 Å². The monoisotopic (exact) mass is 241 g/mol. The summed E-state index contributed by atoms with van der Waals surface area (Å²) in [4.78, 5) is 13.5. The highest BCUT2D eigenvalue weighted by Gasteiger charge is 2.38. The first-order valence-corrected chi connectivity index (χ1v) is 6.51. The van der Waals surface area contributed by atoms with Crippen molar-refractivity contribution >= 4 is 6.09 Å². The molecule has 1 saturated carbocycles. The molecule has 2 atom stereocenters. The Labute approximate surface area is 103 Å². The van der Waals surface area contributed by atoms with E-state index >= 15 is 0 Å². The first-order valence-electron chi connectivity index (χ1n) is 6.51. The van der Waals surface area contributed by atoms with Gasteiger partial charge in [0.25, 0.3) is 0 Å². The minimum absolute atomic E-state index is 0.245. The molecule has 2 fully saturated rings. The molecule has 0 radical (unpaired) electrons. The Hall–Kier alpha value is -0.770. The molecule has 1 saturated heterocycles. The van der Waals surface area contributed by atoms with Gasteiger partial charge in [0.2, 0.25) is 0 Å². The Morgan fingerprint density at radius 2 is 2.00 bits per heavy atom. The average molecular weight is 241 g/mol. The van der Waals surface area contributed by atoms with Gasteiger partial charge in [-0.3, -0.25) is 0 Å². The first-order chi connectivity index (χ1) is 7.85. The van der Waals surface area contributed by atoms with Gasteiger partial charge in [0.15, 0.2) is 0 Å². The Kier molecular flexibility index (Phi) is 3.34. The quantitative estimate of drug-likeness (QED) is 0.804. The summed E-state index contributed by atoms with van der Waals surface area (Å²) in [6.07, 6.45) is 2.96. The van der Waals surface area contributed by atoms with Crippen LogP contribution in [0.2, 0.25) is 0 Å². The molecule has 1 amide bonds. The van der Waals surface area contributed by atoms with E-state index in [0.29, 0.717) is 13.1 Å². The summed E-state index contributed by atoms with van der Waals surface area (Å²) in [5.74, 6) is 1.03. The Bertz CT molecular complexity index is 294. The van der Waals surface area contributed by atoms with Crippen molar-refractivity contribution in [3.63, 3.8) is 0 Å². The maximum atomic E-state index is 11.8. The molecule has 2 rings (SSSR count). The molecule has 0 aromatic rings. The van der Waals surface area contributed by atoms with E-state index in [0.717, 1.165) is 12.3 Å². The normalized spacial score (nSPS) is 29.5. The van der Waals surface area contributed by atoms with E-state index < -0.39 is 5.60 Å². The molecule has 1 aliphatic heterocycles. The predicted molar refractivity (Wildman–Crippen MR) is 64.6 cm³/mol. The van der Waals surface area contributed by atoms with Gasteiger partial charge in [-0.2, -0.15) is 0 Å².